The van der Waals surface area contributed by atoms with Crippen LogP contribution in [0.15, 0.2) is 0 Å². The zero-order chi connectivity index (χ0) is 17.6. The molecule has 1 aromatic rings. The van der Waals surface area contributed by atoms with Crippen LogP contribution in [0.25, 0.3) is 0 Å². The molecular weight excluding hydrogens is 344 g/mol. The average Bonchev–Trinajstić information content (AvgIpc) is 3.08. The van der Waals surface area contributed by atoms with Gasteiger partial charge in [-0.2, -0.15) is 0 Å². The number of amides is 1. The topological polar surface area (TPSA) is 93.7 Å². The minimum Gasteiger partial charge on any atom is -0.461 e. The molecule has 0 radical (unpaired) electrons. The molecule has 0 bridgehead atoms. The summed E-state index contributed by atoms with van der Waals surface area (Å²) < 4.78 is 14.0. The highest BCUT2D eigenvalue weighted by Gasteiger charge is 2.33. The van der Waals surface area contributed by atoms with Crippen LogP contribution in [-0.2, 0) is 9.47 Å². The van der Waals surface area contributed by atoms with Crippen LogP contribution in [-0.4, -0.2) is 58.9 Å². The molecule has 1 amide bonds. The minimum atomic E-state index is -0.600. The lowest BCUT2D eigenvalue weighted by atomic mass is 9.84. The van der Waals surface area contributed by atoms with Crippen molar-refractivity contribution in [2.45, 2.75) is 45.1 Å². The van der Waals surface area contributed by atoms with E-state index in [0.717, 1.165) is 37.5 Å². The third-order valence-corrected chi connectivity index (χ3v) is 5.47. The number of carbonyl (C=O) groups is 2. The van der Waals surface area contributed by atoms with Crippen molar-refractivity contribution in [2.75, 3.05) is 31.6 Å². The third-order valence-electron chi connectivity index (χ3n) is 4.83. The average molecular weight is 368 g/mol. The van der Waals surface area contributed by atoms with E-state index in [1.807, 2.05) is 0 Å². The Hall–Kier alpha value is -1.74. The van der Waals surface area contributed by atoms with Gasteiger partial charge in [-0.3, -0.25) is 10.2 Å². The van der Waals surface area contributed by atoms with E-state index in [1.165, 1.54) is 19.3 Å². The lowest BCUT2D eigenvalue weighted by Gasteiger charge is -2.44. The Balaban J connectivity index is 1.51. The molecule has 138 valence electrons. The van der Waals surface area contributed by atoms with Crippen molar-refractivity contribution < 1.29 is 19.1 Å². The molecule has 8 nitrogen and oxygen atoms in total. The van der Waals surface area contributed by atoms with Gasteiger partial charge in [0.05, 0.1) is 13.2 Å². The van der Waals surface area contributed by atoms with Crippen LogP contribution in [0.3, 0.4) is 0 Å². The van der Waals surface area contributed by atoms with Crippen LogP contribution in [0.4, 0.5) is 9.80 Å². The Morgan fingerprint density at radius 2 is 2.08 bits per heavy atom. The zero-order valence-electron chi connectivity index (χ0n) is 14.4. The summed E-state index contributed by atoms with van der Waals surface area (Å²) >= 11 is 0.930. The van der Waals surface area contributed by atoms with E-state index in [0.29, 0.717) is 18.6 Å². The summed E-state index contributed by atoms with van der Waals surface area (Å²) in [5, 5.41) is 6.52. The molecule has 2 unspecified atom stereocenters. The van der Waals surface area contributed by atoms with Crippen molar-refractivity contribution in [1.82, 2.24) is 14.5 Å². The summed E-state index contributed by atoms with van der Waals surface area (Å²) in [6.07, 6.45) is 5.35. The monoisotopic (exact) mass is 368 g/mol. The number of anilines is 1. The van der Waals surface area contributed by atoms with Crippen LogP contribution in [0.5, 0.6) is 0 Å². The highest BCUT2D eigenvalue weighted by atomic mass is 32.1. The number of fused-ring (bicyclic) bond motifs is 1. The van der Waals surface area contributed by atoms with E-state index in [-0.39, 0.29) is 17.3 Å². The Labute approximate surface area is 151 Å². The van der Waals surface area contributed by atoms with Gasteiger partial charge in [0.25, 0.3) is 0 Å². The van der Waals surface area contributed by atoms with Gasteiger partial charge in [-0.15, -0.1) is 5.10 Å². The zero-order valence-corrected chi connectivity index (χ0v) is 15.2. The number of hydrogen-bond acceptors (Lipinski definition) is 8. The second-order valence-electron chi connectivity index (χ2n) is 6.40. The summed E-state index contributed by atoms with van der Waals surface area (Å²) in [7, 11) is 0. The fourth-order valence-corrected chi connectivity index (χ4v) is 4.23. The fourth-order valence-electron chi connectivity index (χ4n) is 3.69. The van der Waals surface area contributed by atoms with Gasteiger partial charge in [0.1, 0.15) is 0 Å². The molecule has 0 saturated carbocycles. The Kier molecular flexibility index (Phi) is 6.19. The van der Waals surface area contributed by atoms with Gasteiger partial charge in [0.15, 0.2) is 5.00 Å². The van der Waals surface area contributed by atoms with Crippen LogP contribution in [0.1, 0.15) is 49.5 Å². The predicted octanol–water partition coefficient (Wildman–Crippen LogP) is 2.53. The summed E-state index contributed by atoms with van der Waals surface area (Å²) in [6, 6.07) is 0.524. The molecule has 2 atom stereocenters. The fraction of sp³-hybridized carbons (Fsp3) is 0.750. The molecule has 2 fully saturated rings. The lowest BCUT2D eigenvalue weighted by Crippen LogP contribution is -2.49. The summed E-state index contributed by atoms with van der Waals surface area (Å²) in [5.41, 5.74) is 0.0138. The smallest absolute Gasteiger partial charge is 0.412 e. The second kappa shape index (κ2) is 8.57. The maximum absolute atomic E-state index is 12.1. The van der Waals surface area contributed by atoms with Gasteiger partial charge in [0.2, 0.25) is 5.69 Å². The standard InChI is InChI=1S/C16H24N4O4S/c1-2-23-15(21)13-14(25-19-18-13)17-16(22)24-10-11-6-5-9-20-8-4-3-7-12(11)20/h11-12H,2-10H2,1H3,(H,17,22). The number of hydrogen-bond donors (Lipinski definition) is 1. The molecule has 25 heavy (non-hydrogen) atoms. The largest absolute Gasteiger partial charge is 0.461 e. The number of aromatic nitrogens is 2. The van der Waals surface area contributed by atoms with E-state index < -0.39 is 12.1 Å². The van der Waals surface area contributed by atoms with Gasteiger partial charge >= 0.3 is 12.1 Å². The van der Waals surface area contributed by atoms with Crippen LogP contribution in [0.2, 0.25) is 0 Å². The van der Waals surface area contributed by atoms with Gasteiger partial charge in [0, 0.05) is 23.5 Å². The molecule has 3 rings (SSSR count). The Morgan fingerprint density at radius 1 is 1.24 bits per heavy atom. The van der Waals surface area contributed by atoms with Gasteiger partial charge in [-0.25, -0.2) is 9.59 Å². The third kappa shape index (κ3) is 4.46. The first-order valence-electron chi connectivity index (χ1n) is 8.86. The van der Waals surface area contributed by atoms with Crippen LogP contribution < -0.4 is 5.32 Å². The van der Waals surface area contributed by atoms with Crippen molar-refractivity contribution in [2.24, 2.45) is 5.92 Å². The molecule has 2 saturated heterocycles. The second-order valence-corrected chi connectivity index (χ2v) is 7.15. The van der Waals surface area contributed by atoms with Crippen molar-refractivity contribution in [3.05, 3.63) is 5.69 Å². The molecule has 1 N–H and O–H groups in total. The molecule has 1 aromatic heterocycles. The maximum atomic E-state index is 12.1. The van der Waals surface area contributed by atoms with Crippen molar-refractivity contribution in [3.8, 4) is 0 Å². The van der Waals surface area contributed by atoms with Crippen molar-refractivity contribution in [1.29, 1.82) is 0 Å². The number of esters is 1. The molecule has 0 aromatic carbocycles. The van der Waals surface area contributed by atoms with E-state index in [9.17, 15) is 9.59 Å². The Morgan fingerprint density at radius 3 is 2.92 bits per heavy atom. The number of carbonyl (C=O) groups excluding carboxylic acids is 2. The molecule has 2 aliphatic rings. The SMILES string of the molecule is CCOC(=O)c1nnsc1NC(=O)OCC1CCCN2CCCCC12. The first-order valence-corrected chi connectivity index (χ1v) is 9.63. The molecule has 2 aliphatic heterocycles. The minimum absolute atomic E-state index is 0.0138. The van der Waals surface area contributed by atoms with Crippen LogP contribution in [0, 0.1) is 5.92 Å². The predicted molar refractivity (Wildman–Crippen MR) is 92.8 cm³/mol. The van der Waals surface area contributed by atoms with E-state index in [1.54, 1.807) is 6.92 Å². The highest BCUT2D eigenvalue weighted by molar-refractivity contribution is 7.10. The normalized spacial score (nSPS) is 23.6. The van der Waals surface area contributed by atoms with Gasteiger partial charge in [-0.1, -0.05) is 10.9 Å². The summed E-state index contributed by atoms with van der Waals surface area (Å²) in [6.45, 7) is 4.65. The molecule has 3 heterocycles. The molecular formula is C16H24N4O4S. The van der Waals surface area contributed by atoms with Gasteiger partial charge in [-0.05, 0) is 45.7 Å². The van der Waals surface area contributed by atoms with Crippen LogP contribution >= 0.6 is 11.5 Å². The van der Waals surface area contributed by atoms with E-state index in [4.69, 9.17) is 9.47 Å². The Bertz CT molecular complexity index is 607. The number of nitrogens with zero attached hydrogens (tertiary/aromatic N) is 3. The van der Waals surface area contributed by atoms with Gasteiger partial charge < -0.3 is 9.47 Å². The maximum Gasteiger partial charge on any atom is 0.412 e. The first kappa shape index (κ1) is 18.1. The first-order chi connectivity index (χ1) is 12.2. The summed E-state index contributed by atoms with van der Waals surface area (Å²) in [4.78, 5) is 26.4. The molecule has 9 heteroatoms. The van der Waals surface area contributed by atoms with E-state index >= 15 is 0 Å². The summed E-state index contributed by atoms with van der Waals surface area (Å²) in [5.74, 6) is -0.222. The highest BCUT2D eigenvalue weighted by Crippen LogP contribution is 2.31. The molecule has 0 aliphatic carbocycles. The lowest BCUT2D eigenvalue weighted by molar-refractivity contribution is 0.0261. The number of piperidine rings is 2. The van der Waals surface area contributed by atoms with Crippen molar-refractivity contribution >= 4 is 28.6 Å². The number of nitrogens with one attached hydrogen (secondary N) is 1. The molecule has 0 spiro atoms. The van der Waals surface area contributed by atoms with E-state index in [2.05, 4.69) is 19.8 Å². The number of ether oxygens (including phenoxy) is 2. The van der Waals surface area contributed by atoms with Crippen molar-refractivity contribution in [3.63, 3.8) is 0 Å². The number of rotatable bonds is 5. The quantitative estimate of drug-likeness (QED) is 0.798.